The fraction of sp³-hybridized carbons (Fsp3) is 0.500. The van der Waals surface area contributed by atoms with E-state index in [0.29, 0.717) is 31.2 Å². The maximum Gasteiger partial charge on any atom is 0.278 e. The third-order valence-corrected chi connectivity index (χ3v) is 4.13. The van der Waals surface area contributed by atoms with Crippen molar-refractivity contribution in [1.82, 2.24) is 10.2 Å². The van der Waals surface area contributed by atoms with Crippen LogP contribution in [0.1, 0.15) is 6.92 Å². The molecule has 2 heterocycles. The first-order chi connectivity index (χ1) is 11.1. The number of hydrogen-bond acceptors (Lipinski definition) is 5. The smallest absolute Gasteiger partial charge is 0.278 e. The summed E-state index contributed by atoms with van der Waals surface area (Å²) in [6, 6.07) is 7.07. The topological polar surface area (TPSA) is 79.9 Å². The Morgan fingerprint density at radius 2 is 2.09 bits per heavy atom. The summed E-state index contributed by atoms with van der Waals surface area (Å²) in [5.74, 6) is -0.393. The van der Waals surface area contributed by atoms with Crippen LogP contribution in [-0.2, 0) is 14.3 Å². The van der Waals surface area contributed by atoms with E-state index in [0.717, 1.165) is 19.6 Å². The van der Waals surface area contributed by atoms with Crippen molar-refractivity contribution in [1.29, 1.82) is 0 Å². The van der Waals surface area contributed by atoms with E-state index in [2.05, 4.69) is 15.5 Å². The molecule has 7 nitrogen and oxygen atoms in total. The van der Waals surface area contributed by atoms with Gasteiger partial charge < -0.3 is 20.1 Å². The second kappa shape index (κ2) is 6.55. The molecule has 2 amide bonds. The lowest BCUT2D eigenvalue weighted by Gasteiger charge is -2.33. The number of benzene rings is 1. The minimum Gasteiger partial charge on any atom is -0.466 e. The van der Waals surface area contributed by atoms with Crippen molar-refractivity contribution in [2.45, 2.75) is 12.5 Å². The molecule has 23 heavy (non-hydrogen) atoms. The quantitative estimate of drug-likeness (QED) is 0.777. The zero-order valence-corrected chi connectivity index (χ0v) is 13.1. The Hall–Kier alpha value is -2.12. The molecular weight excluding hydrogens is 298 g/mol. The summed E-state index contributed by atoms with van der Waals surface area (Å²) in [6.45, 7) is 5.83. The molecule has 0 aliphatic carbocycles. The van der Waals surface area contributed by atoms with E-state index < -0.39 is 17.4 Å². The first-order valence-electron chi connectivity index (χ1n) is 7.77. The Kier molecular flexibility index (Phi) is 4.49. The van der Waals surface area contributed by atoms with Gasteiger partial charge in [0.15, 0.2) is 0 Å². The second-order valence-corrected chi connectivity index (χ2v) is 5.80. The van der Waals surface area contributed by atoms with Gasteiger partial charge in [0, 0.05) is 26.2 Å². The minimum atomic E-state index is -1.56. The second-order valence-electron chi connectivity index (χ2n) is 5.80. The van der Waals surface area contributed by atoms with E-state index in [4.69, 9.17) is 9.47 Å². The lowest BCUT2D eigenvalue weighted by molar-refractivity contribution is -0.146. The molecule has 2 aliphatic rings. The molecule has 7 heteroatoms. The molecule has 1 aromatic rings. The number of nitrogens with zero attached hydrogens (tertiary/aromatic N) is 1. The fourth-order valence-corrected chi connectivity index (χ4v) is 2.64. The molecule has 2 aliphatic heterocycles. The number of nitrogens with one attached hydrogen (secondary N) is 2. The van der Waals surface area contributed by atoms with E-state index >= 15 is 0 Å². The van der Waals surface area contributed by atoms with Crippen LogP contribution < -0.4 is 15.4 Å². The van der Waals surface area contributed by atoms with Gasteiger partial charge in [-0.05, 0) is 19.1 Å². The first-order valence-corrected chi connectivity index (χ1v) is 7.77. The first kappa shape index (κ1) is 15.8. The lowest BCUT2D eigenvalue weighted by Crippen LogP contribution is -2.59. The van der Waals surface area contributed by atoms with Gasteiger partial charge >= 0.3 is 0 Å². The number of ether oxygens (including phenoxy) is 2. The summed E-state index contributed by atoms with van der Waals surface area (Å²) in [5.41, 5.74) is -0.976. The van der Waals surface area contributed by atoms with Crippen molar-refractivity contribution in [2.75, 3.05) is 44.7 Å². The highest BCUT2D eigenvalue weighted by molar-refractivity contribution is 6.15. The monoisotopic (exact) mass is 319 g/mol. The number of morpholine rings is 1. The lowest BCUT2D eigenvalue weighted by atomic mass is 10.0. The Morgan fingerprint density at radius 3 is 2.87 bits per heavy atom. The highest BCUT2D eigenvalue weighted by atomic mass is 16.5. The molecule has 0 saturated carbocycles. The molecule has 1 fully saturated rings. The standard InChI is InChI=1S/C16H21N3O4/c1-16(14(20)17-6-7-19-8-10-22-11-9-19)15(21)18-12-4-2-3-5-13(12)23-16/h2-5H,6-11H2,1H3,(H,17,20)(H,18,21). The van der Waals surface area contributed by atoms with Crippen LogP contribution in [0.2, 0.25) is 0 Å². The largest absolute Gasteiger partial charge is 0.466 e. The molecule has 1 atom stereocenters. The summed E-state index contributed by atoms with van der Waals surface area (Å²) in [4.78, 5) is 26.9. The van der Waals surface area contributed by atoms with Gasteiger partial charge in [0.05, 0.1) is 18.9 Å². The Labute approximate surface area is 134 Å². The normalized spacial score (nSPS) is 24.3. The summed E-state index contributed by atoms with van der Waals surface area (Å²) in [7, 11) is 0. The molecular formula is C16H21N3O4. The highest BCUT2D eigenvalue weighted by Gasteiger charge is 2.47. The number of carbonyl (C=O) groups excluding carboxylic acids is 2. The molecule has 1 unspecified atom stereocenters. The van der Waals surface area contributed by atoms with Crippen LogP contribution in [0.5, 0.6) is 5.75 Å². The number of anilines is 1. The SMILES string of the molecule is CC1(C(=O)NCCN2CCOCC2)Oc2ccccc2NC1=O. The van der Waals surface area contributed by atoms with E-state index in [1.54, 1.807) is 24.3 Å². The summed E-state index contributed by atoms with van der Waals surface area (Å²) < 4.78 is 11.0. The molecule has 0 bridgehead atoms. The Bertz CT molecular complexity index is 601. The van der Waals surface area contributed by atoms with Gasteiger partial charge in [0.1, 0.15) is 5.75 Å². The zero-order valence-electron chi connectivity index (χ0n) is 13.1. The van der Waals surface area contributed by atoms with Crippen LogP contribution in [0.3, 0.4) is 0 Å². The van der Waals surface area contributed by atoms with Crippen molar-refractivity contribution < 1.29 is 19.1 Å². The average Bonchev–Trinajstić information content (AvgIpc) is 2.57. The molecule has 2 N–H and O–H groups in total. The van der Waals surface area contributed by atoms with Crippen molar-refractivity contribution in [3.8, 4) is 5.75 Å². The van der Waals surface area contributed by atoms with Crippen LogP contribution in [0.15, 0.2) is 24.3 Å². The van der Waals surface area contributed by atoms with Crippen LogP contribution >= 0.6 is 0 Å². The molecule has 3 rings (SSSR count). The van der Waals surface area contributed by atoms with Crippen LogP contribution in [0.25, 0.3) is 0 Å². The van der Waals surface area contributed by atoms with E-state index in [9.17, 15) is 9.59 Å². The van der Waals surface area contributed by atoms with E-state index in [1.807, 2.05) is 0 Å². The molecule has 1 saturated heterocycles. The Balaban J connectivity index is 1.58. The average molecular weight is 319 g/mol. The highest BCUT2D eigenvalue weighted by Crippen LogP contribution is 2.33. The van der Waals surface area contributed by atoms with Crippen LogP contribution in [-0.4, -0.2) is 61.7 Å². The zero-order chi connectivity index (χ0) is 16.3. The minimum absolute atomic E-state index is 0.433. The van der Waals surface area contributed by atoms with E-state index in [1.165, 1.54) is 6.92 Å². The molecule has 0 spiro atoms. The predicted octanol–water partition coefficient (Wildman–Crippen LogP) is 0.225. The van der Waals surface area contributed by atoms with Gasteiger partial charge in [-0.15, -0.1) is 0 Å². The van der Waals surface area contributed by atoms with Gasteiger partial charge in [0.2, 0.25) is 0 Å². The summed E-state index contributed by atoms with van der Waals surface area (Å²) in [5, 5.41) is 5.51. The van der Waals surface area contributed by atoms with Gasteiger partial charge in [0.25, 0.3) is 17.4 Å². The predicted molar refractivity (Wildman–Crippen MR) is 84.4 cm³/mol. The van der Waals surface area contributed by atoms with Gasteiger partial charge in [-0.25, -0.2) is 0 Å². The fourth-order valence-electron chi connectivity index (χ4n) is 2.64. The summed E-state index contributed by atoms with van der Waals surface area (Å²) in [6.07, 6.45) is 0. The van der Waals surface area contributed by atoms with Gasteiger partial charge in [-0.1, -0.05) is 12.1 Å². The van der Waals surface area contributed by atoms with Crippen molar-refractivity contribution >= 4 is 17.5 Å². The summed E-state index contributed by atoms with van der Waals surface area (Å²) >= 11 is 0. The van der Waals surface area contributed by atoms with Crippen LogP contribution in [0.4, 0.5) is 5.69 Å². The van der Waals surface area contributed by atoms with Crippen molar-refractivity contribution in [3.05, 3.63) is 24.3 Å². The molecule has 0 aromatic heterocycles. The number of fused-ring (bicyclic) bond motifs is 1. The number of carbonyl (C=O) groups is 2. The number of hydrogen-bond donors (Lipinski definition) is 2. The third kappa shape index (κ3) is 3.30. The third-order valence-electron chi connectivity index (χ3n) is 4.13. The number of amides is 2. The Morgan fingerprint density at radius 1 is 1.35 bits per heavy atom. The maximum absolute atomic E-state index is 12.4. The van der Waals surface area contributed by atoms with Crippen LogP contribution in [0, 0.1) is 0 Å². The molecule has 0 radical (unpaired) electrons. The maximum atomic E-state index is 12.4. The molecule has 1 aromatic carbocycles. The van der Waals surface area contributed by atoms with Crippen molar-refractivity contribution in [3.63, 3.8) is 0 Å². The van der Waals surface area contributed by atoms with Gasteiger partial charge in [-0.2, -0.15) is 0 Å². The molecule has 124 valence electrons. The van der Waals surface area contributed by atoms with Crippen molar-refractivity contribution in [2.24, 2.45) is 0 Å². The van der Waals surface area contributed by atoms with E-state index in [-0.39, 0.29) is 0 Å². The number of rotatable bonds is 4. The van der Waals surface area contributed by atoms with Gasteiger partial charge in [-0.3, -0.25) is 14.5 Å². The number of para-hydroxylation sites is 2.